The molecule has 1 aromatic carbocycles. The van der Waals surface area contributed by atoms with Crippen LogP contribution in [0.25, 0.3) is 0 Å². The number of hydrogen-bond donors (Lipinski definition) is 0. The summed E-state index contributed by atoms with van der Waals surface area (Å²) in [5, 5.41) is 10.2. The molecule has 0 aliphatic heterocycles. The zero-order valence-corrected chi connectivity index (χ0v) is 12.3. The van der Waals surface area contributed by atoms with Crippen molar-refractivity contribution < 1.29 is 0 Å². The average molecular weight is 280 g/mol. The van der Waals surface area contributed by atoms with Crippen molar-refractivity contribution in [3.8, 4) is 6.07 Å². The molecule has 0 N–H and O–H groups in total. The van der Waals surface area contributed by atoms with Crippen LogP contribution in [-0.4, -0.2) is 4.98 Å². The van der Waals surface area contributed by atoms with E-state index in [4.69, 9.17) is 4.98 Å². The Morgan fingerprint density at radius 3 is 2.95 bits per heavy atom. The molecule has 2 aromatic rings. The predicted molar refractivity (Wildman–Crippen MR) is 81.7 cm³/mol. The molecule has 1 aromatic heterocycles. The summed E-state index contributed by atoms with van der Waals surface area (Å²) in [4.78, 5) is 4.71. The lowest BCUT2D eigenvalue weighted by Gasteiger charge is -2.08. The minimum absolute atomic E-state index is 0.726. The number of hydrogen-bond acceptors (Lipinski definition) is 3. The van der Waals surface area contributed by atoms with Crippen LogP contribution in [0.5, 0.6) is 0 Å². The van der Waals surface area contributed by atoms with Crippen molar-refractivity contribution in [1.29, 1.82) is 5.26 Å². The quantitative estimate of drug-likeness (QED) is 0.796. The molecule has 0 spiro atoms. The maximum absolute atomic E-state index is 9.30. The first kappa shape index (κ1) is 13.2. The summed E-state index contributed by atoms with van der Waals surface area (Å²) in [7, 11) is 0. The third-order valence-electron chi connectivity index (χ3n) is 3.76. The molecule has 0 fully saturated rings. The first-order valence-electron chi connectivity index (χ1n) is 6.88. The molecule has 100 valence electrons. The fourth-order valence-corrected chi connectivity index (χ4v) is 3.61. The molecule has 0 saturated heterocycles. The maximum atomic E-state index is 9.30. The first-order chi connectivity index (χ1) is 9.78. The van der Waals surface area contributed by atoms with Gasteiger partial charge in [0.25, 0.3) is 0 Å². The lowest BCUT2D eigenvalue weighted by molar-refractivity contribution is 0.891. The van der Waals surface area contributed by atoms with E-state index in [1.165, 1.54) is 28.8 Å². The van der Waals surface area contributed by atoms with Gasteiger partial charge in [0.2, 0.25) is 0 Å². The van der Waals surface area contributed by atoms with Gasteiger partial charge in [0.1, 0.15) is 11.1 Å². The van der Waals surface area contributed by atoms with Crippen LogP contribution in [0, 0.1) is 18.3 Å². The van der Waals surface area contributed by atoms with Crippen LogP contribution in [0.15, 0.2) is 35.4 Å². The molecule has 1 aliphatic rings. The lowest BCUT2D eigenvalue weighted by Crippen LogP contribution is -1.95. The number of benzene rings is 1. The highest BCUT2D eigenvalue weighted by molar-refractivity contribution is 7.98. The third-order valence-corrected chi connectivity index (χ3v) is 4.80. The van der Waals surface area contributed by atoms with Crippen molar-refractivity contribution >= 4 is 11.8 Å². The van der Waals surface area contributed by atoms with E-state index in [0.717, 1.165) is 29.2 Å². The maximum Gasteiger partial charge on any atom is 0.114 e. The Hall–Kier alpha value is -1.79. The van der Waals surface area contributed by atoms with Crippen molar-refractivity contribution in [1.82, 2.24) is 4.98 Å². The predicted octanol–water partition coefficient (Wildman–Crippen LogP) is 4.04. The molecule has 0 saturated carbocycles. The number of aromatic nitrogens is 1. The first-order valence-corrected chi connectivity index (χ1v) is 7.86. The van der Waals surface area contributed by atoms with Crippen molar-refractivity contribution in [2.75, 3.05) is 0 Å². The van der Waals surface area contributed by atoms with Gasteiger partial charge in [-0.05, 0) is 48.9 Å². The van der Waals surface area contributed by atoms with Gasteiger partial charge in [-0.1, -0.05) is 24.3 Å². The minimum Gasteiger partial charge on any atom is -0.245 e. The van der Waals surface area contributed by atoms with Crippen molar-refractivity contribution in [3.05, 3.63) is 58.3 Å². The topological polar surface area (TPSA) is 36.7 Å². The molecule has 3 rings (SSSR count). The third kappa shape index (κ3) is 2.57. The second-order valence-electron chi connectivity index (χ2n) is 5.13. The van der Waals surface area contributed by atoms with E-state index in [9.17, 15) is 5.26 Å². The number of rotatable bonds is 3. The minimum atomic E-state index is 0.726. The largest absolute Gasteiger partial charge is 0.245 e. The van der Waals surface area contributed by atoms with Crippen LogP contribution < -0.4 is 0 Å². The molecule has 0 atom stereocenters. The summed E-state index contributed by atoms with van der Waals surface area (Å²) in [6.45, 7) is 2.12. The zero-order chi connectivity index (χ0) is 13.9. The fraction of sp³-hybridized carbons (Fsp3) is 0.294. The van der Waals surface area contributed by atoms with Gasteiger partial charge in [-0.15, -0.1) is 11.8 Å². The lowest BCUT2D eigenvalue weighted by atomic mass is 10.1. The SMILES string of the molecule is Cc1ccccc1CSc1nc2c(cc1C#N)CCC2. The normalized spacial score (nSPS) is 13.0. The van der Waals surface area contributed by atoms with Crippen LogP contribution in [0.3, 0.4) is 0 Å². The van der Waals surface area contributed by atoms with Crippen LogP contribution in [0.4, 0.5) is 0 Å². The van der Waals surface area contributed by atoms with E-state index in [1.807, 2.05) is 6.07 Å². The van der Waals surface area contributed by atoms with Gasteiger partial charge in [-0.3, -0.25) is 0 Å². The van der Waals surface area contributed by atoms with Crippen LogP contribution in [0.1, 0.15) is 34.4 Å². The van der Waals surface area contributed by atoms with E-state index >= 15 is 0 Å². The van der Waals surface area contributed by atoms with Gasteiger partial charge < -0.3 is 0 Å². The second kappa shape index (κ2) is 5.68. The van der Waals surface area contributed by atoms with Gasteiger partial charge in [-0.2, -0.15) is 5.26 Å². The molecule has 20 heavy (non-hydrogen) atoms. The average Bonchev–Trinajstić information content (AvgIpc) is 2.92. The molecular formula is C17H16N2S. The summed E-state index contributed by atoms with van der Waals surface area (Å²) < 4.78 is 0. The molecule has 1 heterocycles. The molecular weight excluding hydrogens is 264 g/mol. The number of nitriles is 1. The van der Waals surface area contributed by atoms with E-state index in [-0.39, 0.29) is 0 Å². The van der Waals surface area contributed by atoms with Crippen molar-refractivity contribution in [2.24, 2.45) is 0 Å². The Balaban J connectivity index is 1.84. The highest BCUT2D eigenvalue weighted by Crippen LogP contribution is 2.30. The number of nitrogens with zero attached hydrogens (tertiary/aromatic N) is 2. The van der Waals surface area contributed by atoms with E-state index in [1.54, 1.807) is 11.8 Å². The van der Waals surface area contributed by atoms with Gasteiger partial charge in [0, 0.05) is 11.4 Å². The van der Waals surface area contributed by atoms with Gasteiger partial charge >= 0.3 is 0 Å². The molecule has 2 nitrogen and oxygen atoms in total. The highest BCUT2D eigenvalue weighted by Gasteiger charge is 2.16. The van der Waals surface area contributed by atoms with Crippen LogP contribution in [-0.2, 0) is 18.6 Å². The standard InChI is InChI=1S/C17H16N2S/c1-12-5-2-3-6-14(12)11-20-17-15(10-18)9-13-7-4-8-16(13)19-17/h2-3,5-6,9H,4,7-8,11H2,1H3. The number of fused-ring (bicyclic) bond motifs is 1. The van der Waals surface area contributed by atoms with Crippen LogP contribution >= 0.6 is 11.8 Å². The smallest absolute Gasteiger partial charge is 0.114 e. The monoisotopic (exact) mass is 280 g/mol. The van der Waals surface area contributed by atoms with E-state index in [2.05, 4.69) is 37.3 Å². The number of pyridine rings is 1. The molecule has 3 heteroatoms. The molecule has 0 unspecified atom stereocenters. The van der Waals surface area contributed by atoms with Gasteiger partial charge in [0.05, 0.1) is 5.56 Å². The molecule has 0 bridgehead atoms. The highest BCUT2D eigenvalue weighted by atomic mass is 32.2. The van der Waals surface area contributed by atoms with Crippen molar-refractivity contribution in [2.45, 2.75) is 37.0 Å². The van der Waals surface area contributed by atoms with Crippen LogP contribution in [0.2, 0.25) is 0 Å². The summed E-state index contributed by atoms with van der Waals surface area (Å²) >= 11 is 1.67. The Kier molecular flexibility index (Phi) is 3.75. The van der Waals surface area contributed by atoms with E-state index in [0.29, 0.717) is 0 Å². The summed E-state index contributed by atoms with van der Waals surface area (Å²) in [5.41, 5.74) is 5.78. The number of thioether (sulfide) groups is 1. The fourth-order valence-electron chi connectivity index (χ4n) is 2.56. The van der Waals surface area contributed by atoms with Crippen molar-refractivity contribution in [3.63, 3.8) is 0 Å². The second-order valence-corrected chi connectivity index (χ2v) is 6.09. The molecule has 0 radical (unpaired) electrons. The Labute approximate surface area is 123 Å². The Bertz CT molecular complexity index is 686. The zero-order valence-electron chi connectivity index (χ0n) is 11.5. The summed E-state index contributed by atoms with van der Waals surface area (Å²) in [5.74, 6) is 0.868. The summed E-state index contributed by atoms with van der Waals surface area (Å²) in [6.07, 6.45) is 3.29. The van der Waals surface area contributed by atoms with E-state index < -0.39 is 0 Å². The molecule has 1 aliphatic carbocycles. The Morgan fingerprint density at radius 2 is 2.15 bits per heavy atom. The number of aryl methyl sites for hydroxylation is 3. The summed E-state index contributed by atoms with van der Waals surface area (Å²) in [6, 6.07) is 12.7. The Morgan fingerprint density at radius 1 is 1.30 bits per heavy atom. The molecule has 0 amide bonds. The van der Waals surface area contributed by atoms with Gasteiger partial charge in [-0.25, -0.2) is 4.98 Å². The van der Waals surface area contributed by atoms with Gasteiger partial charge in [0.15, 0.2) is 0 Å².